The van der Waals surface area contributed by atoms with E-state index in [4.69, 9.17) is 4.74 Å². The summed E-state index contributed by atoms with van der Waals surface area (Å²) in [6.07, 6.45) is 0.793. The maximum absolute atomic E-state index is 13.7. The summed E-state index contributed by atoms with van der Waals surface area (Å²) in [4.78, 5) is 27.0. The summed E-state index contributed by atoms with van der Waals surface area (Å²) in [6.45, 7) is 5.09. The Morgan fingerprint density at radius 1 is 1.16 bits per heavy atom. The number of halogens is 2. The third-order valence-corrected chi connectivity index (χ3v) is 5.18. The second-order valence-corrected chi connectivity index (χ2v) is 8.96. The van der Waals surface area contributed by atoms with Gasteiger partial charge >= 0.3 is 6.09 Å². The fraction of sp³-hybridized carbons (Fsp3) is 0.318. The molecular weight excluding hydrogens is 424 g/mol. The average molecular weight is 448 g/mol. The van der Waals surface area contributed by atoms with Gasteiger partial charge < -0.3 is 15.0 Å². The fourth-order valence-electron chi connectivity index (χ4n) is 3.04. The Balaban J connectivity index is 1.87. The van der Waals surface area contributed by atoms with Crippen molar-refractivity contribution in [3.63, 3.8) is 0 Å². The molecule has 0 radical (unpaired) electrons. The number of benzene rings is 2. The van der Waals surface area contributed by atoms with Crippen LogP contribution in [0.4, 0.5) is 19.3 Å². The van der Waals surface area contributed by atoms with Crippen LogP contribution in [-0.4, -0.2) is 35.1 Å². The maximum atomic E-state index is 13.7. The largest absolute Gasteiger partial charge is 0.444 e. The van der Waals surface area contributed by atoms with Gasteiger partial charge in [-0.15, -0.1) is 0 Å². The Hall–Kier alpha value is -3.07. The molecule has 0 fully saturated rings. The predicted octanol–water partition coefficient (Wildman–Crippen LogP) is 4.67. The Morgan fingerprint density at radius 3 is 2.48 bits per heavy atom. The highest BCUT2D eigenvalue weighted by Crippen LogP contribution is 2.24. The number of nitrogens with one attached hydrogen (secondary N) is 1. The molecule has 3 rings (SSSR count). The molecule has 1 atom stereocenters. The molecule has 0 bridgehead atoms. The Labute approximate surface area is 183 Å². The van der Waals surface area contributed by atoms with Crippen LogP contribution >= 0.6 is 11.5 Å². The van der Waals surface area contributed by atoms with Crippen LogP contribution in [0.1, 0.15) is 26.3 Å². The number of likely N-dealkylation sites (N-methyl/N-ethyl adjacent to an activating group) is 1. The zero-order chi connectivity index (χ0) is 22.8. The minimum Gasteiger partial charge on any atom is -0.444 e. The third-order valence-electron chi connectivity index (χ3n) is 4.41. The number of alkyl carbamates (subject to hydrolysis) is 1. The molecule has 0 saturated heterocycles. The van der Waals surface area contributed by atoms with Crippen LogP contribution in [0.5, 0.6) is 0 Å². The van der Waals surface area contributed by atoms with E-state index in [9.17, 15) is 18.4 Å². The lowest BCUT2D eigenvalue weighted by atomic mass is 10.0. The highest BCUT2D eigenvalue weighted by molar-refractivity contribution is 7.13. The van der Waals surface area contributed by atoms with Crippen LogP contribution in [-0.2, 0) is 16.0 Å². The lowest BCUT2D eigenvalue weighted by molar-refractivity contribution is -0.120. The molecule has 31 heavy (non-hydrogen) atoms. The molecule has 0 aliphatic carbocycles. The number of rotatable bonds is 5. The van der Waals surface area contributed by atoms with Gasteiger partial charge in [0.2, 0.25) is 5.91 Å². The minimum atomic E-state index is -1.10. The molecule has 0 unspecified atom stereocenters. The summed E-state index contributed by atoms with van der Waals surface area (Å²) in [5.41, 5.74) is 0.0582. The highest BCUT2D eigenvalue weighted by Gasteiger charge is 2.28. The van der Waals surface area contributed by atoms with Crippen molar-refractivity contribution in [2.45, 2.75) is 38.8 Å². The summed E-state index contributed by atoms with van der Waals surface area (Å²) in [7, 11) is 1.57. The third kappa shape index (κ3) is 5.97. The molecule has 0 aliphatic heterocycles. The van der Waals surface area contributed by atoms with Gasteiger partial charge in [-0.05, 0) is 68.2 Å². The van der Waals surface area contributed by atoms with Crippen molar-refractivity contribution in [3.8, 4) is 0 Å². The van der Waals surface area contributed by atoms with Crippen LogP contribution in [0, 0.1) is 11.6 Å². The van der Waals surface area contributed by atoms with Crippen LogP contribution in [0.3, 0.4) is 0 Å². The van der Waals surface area contributed by atoms with Gasteiger partial charge in [-0.3, -0.25) is 4.79 Å². The lowest BCUT2D eigenvalue weighted by Crippen LogP contribution is -2.50. The van der Waals surface area contributed by atoms with Crippen molar-refractivity contribution in [2.75, 3.05) is 11.9 Å². The summed E-state index contributed by atoms with van der Waals surface area (Å²) in [6, 6.07) is 7.33. The van der Waals surface area contributed by atoms with E-state index in [1.54, 1.807) is 40.1 Å². The summed E-state index contributed by atoms with van der Waals surface area (Å²) >= 11 is 1.34. The maximum Gasteiger partial charge on any atom is 0.408 e. The number of fused-ring (bicyclic) bond motifs is 1. The highest BCUT2D eigenvalue weighted by atomic mass is 32.1. The normalized spacial score (nSPS) is 12.5. The zero-order valence-electron chi connectivity index (χ0n) is 17.6. The molecule has 6 nitrogen and oxygen atoms in total. The first-order chi connectivity index (χ1) is 14.5. The van der Waals surface area contributed by atoms with Gasteiger partial charge in [0.25, 0.3) is 0 Å². The molecule has 1 N–H and O–H groups in total. The van der Waals surface area contributed by atoms with E-state index in [0.29, 0.717) is 5.69 Å². The number of hydrogen-bond acceptors (Lipinski definition) is 5. The van der Waals surface area contributed by atoms with Crippen LogP contribution < -0.4 is 10.2 Å². The molecule has 1 aromatic heterocycles. The van der Waals surface area contributed by atoms with Crippen molar-refractivity contribution in [1.29, 1.82) is 0 Å². The van der Waals surface area contributed by atoms with E-state index in [1.807, 2.05) is 12.1 Å². The molecule has 0 spiro atoms. The second-order valence-electron chi connectivity index (χ2n) is 8.13. The predicted molar refractivity (Wildman–Crippen MR) is 116 cm³/mol. The second kappa shape index (κ2) is 8.97. The number of carbonyl (C=O) groups excluding carboxylic acids is 2. The number of aromatic nitrogens is 1. The van der Waals surface area contributed by atoms with Crippen LogP contribution in [0.2, 0.25) is 0 Å². The minimum absolute atomic E-state index is 0.112. The van der Waals surface area contributed by atoms with E-state index >= 15 is 0 Å². The van der Waals surface area contributed by atoms with E-state index in [2.05, 4.69) is 9.69 Å². The Kier molecular flexibility index (Phi) is 6.54. The van der Waals surface area contributed by atoms with Crippen molar-refractivity contribution in [2.24, 2.45) is 0 Å². The fourth-order valence-corrected chi connectivity index (χ4v) is 3.67. The average Bonchev–Trinajstić information content (AvgIpc) is 3.11. The molecule has 164 valence electrons. The Morgan fingerprint density at radius 2 is 1.84 bits per heavy atom. The summed E-state index contributed by atoms with van der Waals surface area (Å²) in [5.74, 6) is -1.98. The van der Waals surface area contributed by atoms with E-state index in [-0.39, 0.29) is 12.0 Å². The van der Waals surface area contributed by atoms with Gasteiger partial charge in [0.15, 0.2) is 0 Å². The number of anilines is 1. The van der Waals surface area contributed by atoms with E-state index in [1.165, 1.54) is 16.4 Å². The van der Waals surface area contributed by atoms with Gasteiger partial charge in [-0.1, -0.05) is 0 Å². The first kappa shape index (κ1) is 22.6. The molecule has 1 heterocycles. The van der Waals surface area contributed by atoms with Crippen molar-refractivity contribution < 1.29 is 23.1 Å². The SMILES string of the molecule is CN(C(=O)[C@H](Cc1cc(F)cc(F)c1)NC(=O)OC(C)(C)C)c1ccc2sncc2c1. The number of amides is 2. The molecule has 0 saturated carbocycles. The molecule has 0 aliphatic rings. The van der Waals surface area contributed by atoms with Gasteiger partial charge in [0.05, 0.1) is 4.70 Å². The van der Waals surface area contributed by atoms with Gasteiger partial charge in [0, 0.05) is 36.8 Å². The van der Waals surface area contributed by atoms with E-state index < -0.39 is 35.3 Å². The van der Waals surface area contributed by atoms with Crippen molar-refractivity contribution in [1.82, 2.24) is 9.69 Å². The van der Waals surface area contributed by atoms with Crippen LogP contribution in [0.25, 0.3) is 10.1 Å². The number of hydrogen-bond donors (Lipinski definition) is 1. The number of carbonyl (C=O) groups is 2. The summed E-state index contributed by atoms with van der Waals surface area (Å²) < 4.78 is 37.7. The van der Waals surface area contributed by atoms with Gasteiger partial charge in [0.1, 0.15) is 23.3 Å². The molecule has 2 amide bonds. The standard InChI is InChI=1S/C22H23F2N3O3S/c1-22(2,3)30-21(29)26-18(9-13-7-15(23)11-16(24)8-13)20(28)27(4)17-5-6-19-14(10-17)12-25-31-19/h5-8,10-12,18H,9H2,1-4H3,(H,26,29)/t18-/m0/s1. The van der Waals surface area contributed by atoms with Crippen LogP contribution in [0.15, 0.2) is 42.6 Å². The Bertz CT molecular complexity index is 1090. The molecule has 2 aromatic carbocycles. The first-order valence-corrected chi connectivity index (χ1v) is 10.4. The monoisotopic (exact) mass is 447 g/mol. The number of nitrogens with zero attached hydrogens (tertiary/aromatic N) is 2. The molecule has 3 aromatic rings. The summed E-state index contributed by atoms with van der Waals surface area (Å²) in [5, 5.41) is 3.42. The zero-order valence-corrected chi connectivity index (χ0v) is 18.4. The number of ether oxygens (including phenoxy) is 1. The lowest BCUT2D eigenvalue weighted by Gasteiger charge is -2.27. The first-order valence-electron chi connectivity index (χ1n) is 9.58. The smallest absolute Gasteiger partial charge is 0.408 e. The quantitative estimate of drug-likeness (QED) is 0.617. The van der Waals surface area contributed by atoms with Crippen molar-refractivity contribution >= 4 is 39.3 Å². The van der Waals surface area contributed by atoms with Gasteiger partial charge in [-0.2, -0.15) is 4.37 Å². The topological polar surface area (TPSA) is 71.5 Å². The van der Waals surface area contributed by atoms with E-state index in [0.717, 1.165) is 28.3 Å². The molecule has 9 heteroatoms. The van der Waals surface area contributed by atoms with Gasteiger partial charge in [-0.25, -0.2) is 13.6 Å². The molecular formula is C22H23F2N3O3S. The van der Waals surface area contributed by atoms with Crippen molar-refractivity contribution in [3.05, 3.63) is 59.8 Å².